The lowest BCUT2D eigenvalue weighted by atomic mass is 9.44. The zero-order valence-corrected chi connectivity index (χ0v) is 15.1. The smallest absolute Gasteiger partial charge is 0.0596 e. The van der Waals surface area contributed by atoms with Gasteiger partial charge in [0.1, 0.15) is 0 Å². The highest BCUT2D eigenvalue weighted by molar-refractivity contribution is 5.87. The van der Waals surface area contributed by atoms with Gasteiger partial charge in [-0.15, -0.1) is 0 Å². The van der Waals surface area contributed by atoms with E-state index in [1.807, 2.05) is 0 Å². The van der Waals surface area contributed by atoms with Gasteiger partial charge in [-0.3, -0.25) is 0 Å². The van der Waals surface area contributed by atoms with Crippen LogP contribution in [-0.4, -0.2) is 16.9 Å². The van der Waals surface area contributed by atoms with Crippen LogP contribution < -0.4 is 5.84 Å². The van der Waals surface area contributed by atoms with Crippen molar-refractivity contribution in [3.05, 3.63) is 0 Å². The van der Waals surface area contributed by atoms with Gasteiger partial charge < -0.3 is 10.9 Å². The molecule has 0 aromatic carbocycles. The average molecular weight is 319 g/mol. The van der Waals surface area contributed by atoms with E-state index in [4.69, 9.17) is 5.84 Å². The molecule has 130 valence electrons. The molecule has 4 aliphatic rings. The van der Waals surface area contributed by atoms with Gasteiger partial charge in [-0.05, 0) is 91.8 Å². The molecular weight excluding hydrogens is 284 g/mol. The van der Waals surface area contributed by atoms with Crippen LogP contribution in [0.3, 0.4) is 0 Å². The predicted octanol–water partition coefficient (Wildman–Crippen LogP) is 3.95. The Morgan fingerprint density at radius 2 is 1.78 bits per heavy atom. The summed E-state index contributed by atoms with van der Waals surface area (Å²) in [5.41, 5.74) is 1.92. The quantitative estimate of drug-likeness (QED) is 0.525. The van der Waals surface area contributed by atoms with Gasteiger partial charge in [0.2, 0.25) is 0 Å². The Morgan fingerprint density at radius 3 is 2.52 bits per heavy atom. The molecule has 0 bridgehead atoms. The van der Waals surface area contributed by atoms with E-state index in [0.717, 1.165) is 36.5 Å². The third kappa shape index (κ3) is 2.08. The first-order chi connectivity index (χ1) is 10.9. The van der Waals surface area contributed by atoms with Crippen molar-refractivity contribution in [3.63, 3.8) is 0 Å². The second-order valence-corrected chi connectivity index (χ2v) is 9.72. The van der Waals surface area contributed by atoms with Crippen molar-refractivity contribution in [2.45, 2.75) is 78.2 Å². The van der Waals surface area contributed by atoms with Gasteiger partial charge in [0.15, 0.2) is 0 Å². The Morgan fingerprint density at radius 1 is 1.04 bits per heavy atom. The van der Waals surface area contributed by atoms with E-state index in [1.54, 1.807) is 0 Å². The minimum absolute atomic E-state index is 0.0553. The summed E-state index contributed by atoms with van der Waals surface area (Å²) in [6.45, 7) is 7.28. The van der Waals surface area contributed by atoms with Crippen LogP contribution in [0.1, 0.15) is 72.1 Å². The van der Waals surface area contributed by atoms with E-state index in [2.05, 4.69) is 25.9 Å². The summed E-state index contributed by atoms with van der Waals surface area (Å²) in [4.78, 5) is 0. The summed E-state index contributed by atoms with van der Waals surface area (Å²) in [5, 5.41) is 14.7. The van der Waals surface area contributed by atoms with Gasteiger partial charge in [-0.2, -0.15) is 5.10 Å². The van der Waals surface area contributed by atoms with Gasteiger partial charge in [-0.25, -0.2) is 0 Å². The van der Waals surface area contributed by atoms with Gasteiger partial charge in [0.25, 0.3) is 0 Å². The van der Waals surface area contributed by atoms with Crippen LogP contribution in [0.15, 0.2) is 5.10 Å². The number of fused-ring (bicyclic) bond motifs is 5. The van der Waals surface area contributed by atoms with Crippen molar-refractivity contribution in [1.82, 2.24) is 0 Å². The Balaban J connectivity index is 1.63. The van der Waals surface area contributed by atoms with Crippen LogP contribution in [0.4, 0.5) is 0 Å². The SMILES string of the molecule is C[C@@H]1C[C@@]2(C)[C@@H](CC[C@H]3[C@H]4CC[C@H](O)[C@]4(C)CC[C@@H]32)C/C1=N/N. The minimum atomic E-state index is -0.0553. The molecule has 0 radical (unpaired) electrons. The minimum Gasteiger partial charge on any atom is -0.393 e. The fourth-order valence-electron chi connectivity index (χ4n) is 7.57. The number of aliphatic hydroxyl groups is 1. The number of hydrogen-bond donors (Lipinski definition) is 2. The summed E-state index contributed by atoms with van der Waals surface area (Å²) in [5.74, 6) is 9.43. The fourth-order valence-corrected chi connectivity index (χ4v) is 7.57. The summed E-state index contributed by atoms with van der Waals surface area (Å²) in [6, 6.07) is 0. The van der Waals surface area contributed by atoms with E-state index in [-0.39, 0.29) is 11.5 Å². The molecule has 0 aromatic heterocycles. The molecule has 23 heavy (non-hydrogen) atoms. The molecule has 4 saturated carbocycles. The average Bonchev–Trinajstić information content (AvgIpc) is 2.82. The van der Waals surface area contributed by atoms with E-state index < -0.39 is 0 Å². The van der Waals surface area contributed by atoms with E-state index >= 15 is 0 Å². The summed E-state index contributed by atoms with van der Waals surface area (Å²) < 4.78 is 0. The summed E-state index contributed by atoms with van der Waals surface area (Å²) >= 11 is 0. The highest BCUT2D eigenvalue weighted by Gasteiger charge is 2.60. The Labute approximate surface area is 141 Å². The first-order valence-electron chi connectivity index (χ1n) is 9.85. The maximum atomic E-state index is 10.5. The van der Waals surface area contributed by atoms with Crippen LogP contribution in [0, 0.1) is 40.4 Å². The van der Waals surface area contributed by atoms with E-state index in [0.29, 0.717) is 11.3 Å². The van der Waals surface area contributed by atoms with Crippen LogP contribution in [0.25, 0.3) is 0 Å². The molecule has 3 N–H and O–H groups in total. The molecule has 0 amide bonds. The van der Waals surface area contributed by atoms with Crippen molar-refractivity contribution >= 4 is 5.71 Å². The molecule has 3 nitrogen and oxygen atoms in total. The second kappa shape index (κ2) is 5.21. The largest absolute Gasteiger partial charge is 0.393 e. The molecule has 0 saturated heterocycles. The predicted molar refractivity (Wildman–Crippen MR) is 93.9 cm³/mol. The molecule has 8 atom stereocenters. The summed E-state index contributed by atoms with van der Waals surface area (Å²) in [6.07, 6.45) is 9.88. The van der Waals surface area contributed by atoms with Gasteiger partial charge in [0, 0.05) is 5.71 Å². The maximum Gasteiger partial charge on any atom is 0.0596 e. The van der Waals surface area contributed by atoms with Crippen molar-refractivity contribution < 1.29 is 5.11 Å². The van der Waals surface area contributed by atoms with Crippen molar-refractivity contribution in [3.8, 4) is 0 Å². The number of rotatable bonds is 0. The Kier molecular flexibility index (Phi) is 3.61. The molecule has 0 aromatic rings. The normalized spacial score (nSPS) is 57.7. The maximum absolute atomic E-state index is 10.5. The highest BCUT2D eigenvalue weighted by atomic mass is 16.3. The zero-order chi connectivity index (χ0) is 16.4. The van der Waals surface area contributed by atoms with Crippen LogP contribution in [-0.2, 0) is 0 Å². The number of nitrogens with zero attached hydrogens (tertiary/aromatic N) is 1. The van der Waals surface area contributed by atoms with Gasteiger partial charge >= 0.3 is 0 Å². The number of aliphatic hydroxyl groups excluding tert-OH is 1. The number of hydrogen-bond acceptors (Lipinski definition) is 3. The van der Waals surface area contributed by atoms with Crippen molar-refractivity contribution in [2.75, 3.05) is 0 Å². The van der Waals surface area contributed by atoms with Crippen LogP contribution in [0.2, 0.25) is 0 Å². The number of hydrazone groups is 1. The topological polar surface area (TPSA) is 58.6 Å². The zero-order valence-electron chi connectivity index (χ0n) is 15.1. The fraction of sp³-hybridized carbons (Fsp3) is 0.950. The first-order valence-corrected chi connectivity index (χ1v) is 9.85. The van der Waals surface area contributed by atoms with E-state index in [9.17, 15) is 5.11 Å². The molecule has 0 heterocycles. The second-order valence-electron chi connectivity index (χ2n) is 9.72. The number of nitrogens with two attached hydrogens (primary N) is 1. The van der Waals surface area contributed by atoms with Crippen molar-refractivity contribution in [1.29, 1.82) is 0 Å². The molecule has 0 aliphatic heterocycles. The van der Waals surface area contributed by atoms with Crippen molar-refractivity contribution in [2.24, 2.45) is 51.4 Å². The van der Waals surface area contributed by atoms with E-state index in [1.165, 1.54) is 44.2 Å². The van der Waals surface area contributed by atoms with Gasteiger partial charge in [0.05, 0.1) is 6.10 Å². The third-order valence-electron chi connectivity index (χ3n) is 8.95. The molecular formula is C20H34N2O. The standard InChI is InChI=1S/C20H34N2O/c1-12-11-20(3)13(10-17(12)22-21)4-5-14-15-6-7-18(23)19(15,2)9-8-16(14)20/h12-16,18,23H,4-11,21H2,1-3H3/b22-17-/t12-,13+,14+,15-,16+,18+,19-,20+/m1/s1. The first kappa shape index (κ1) is 15.9. The summed E-state index contributed by atoms with van der Waals surface area (Å²) in [7, 11) is 0. The monoisotopic (exact) mass is 318 g/mol. The Bertz CT molecular complexity index is 518. The highest BCUT2D eigenvalue weighted by Crippen LogP contribution is 2.66. The van der Waals surface area contributed by atoms with Crippen LogP contribution in [0.5, 0.6) is 0 Å². The lowest BCUT2D eigenvalue weighted by molar-refractivity contribution is -0.116. The third-order valence-corrected chi connectivity index (χ3v) is 8.95. The lowest BCUT2D eigenvalue weighted by Crippen LogP contribution is -2.55. The lowest BCUT2D eigenvalue weighted by Gasteiger charge is -2.61. The molecule has 0 spiro atoms. The molecule has 0 unspecified atom stereocenters. The Hall–Kier alpha value is -0.570. The van der Waals surface area contributed by atoms with Gasteiger partial charge in [-0.1, -0.05) is 20.8 Å². The molecule has 4 aliphatic carbocycles. The molecule has 3 heteroatoms. The molecule has 4 rings (SSSR count). The molecule has 4 fully saturated rings. The van der Waals surface area contributed by atoms with Crippen LogP contribution >= 0.6 is 0 Å².